The Morgan fingerprint density at radius 3 is 1.14 bits per heavy atom. The zero-order valence-electron chi connectivity index (χ0n) is 73.6. The van der Waals surface area contributed by atoms with Crippen LogP contribution in [0.4, 0.5) is 52.7 Å². The van der Waals surface area contributed by atoms with Crippen LogP contribution in [0.2, 0.25) is 5.15 Å². The zero-order valence-corrected chi connectivity index (χ0v) is 76.8. The fourth-order valence-electron chi connectivity index (χ4n) is 20.3. The number of Topliss-reactive ketones (excluding diaryl/α,β-unsaturated/α-hetero) is 3. The molecule has 3 unspecified atom stereocenters. The number of benzene rings is 3. The summed E-state index contributed by atoms with van der Waals surface area (Å²) in [6.07, 6.45) is 12.9. The van der Waals surface area contributed by atoms with Gasteiger partial charge in [0.05, 0.1) is 132 Å². The fraction of sp³-hybridized carbons (Fsp3) is 0.333. The summed E-state index contributed by atoms with van der Waals surface area (Å²) >= 11 is 6.00. The van der Waals surface area contributed by atoms with Crippen molar-refractivity contribution in [3.05, 3.63) is 290 Å². The molecular formula is C96H89ClF12N18O6S3. The summed E-state index contributed by atoms with van der Waals surface area (Å²) in [5, 5.41) is 22.4. The number of carbonyl (C=O) groups is 3. The highest BCUT2D eigenvalue weighted by atomic mass is 35.5. The first kappa shape index (κ1) is 94.2. The minimum Gasteiger partial charge on any atom is -0.339 e. The molecule has 0 N–H and O–H groups in total. The molecule has 0 aliphatic heterocycles. The number of imidazole rings is 1. The largest absolute Gasteiger partial charge is 0.416 e. The molecule has 9 aromatic heterocycles. The van der Waals surface area contributed by atoms with Gasteiger partial charge in [-0.3, -0.25) is 34.0 Å². The molecule has 0 saturated heterocycles. The zero-order chi connectivity index (χ0) is 96.5. The van der Waals surface area contributed by atoms with Crippen LogP contribution in [0.5, 0.6) is 0 Å². The number of hydrogen-bond acceptors (Lipinski definition) is 16. The van der Waals surface area contributed by atoms with Crippen LogP contribution >= 0.6 is 11.6 Å². The molecule has 136 heavy (non-hydrogen) atoms. The minimum atomic E-state index is -4.66. The quantitative estimate of drug-likeness (QED) is 0.0280. The van der Waals surface area contributed by atoms with Gasteiger partial charge in [0, 0.05) is 81.3 Å². The van der Waals surface area contributed by atoms with E-state index in [0.717, 1.165) is 103 Å². The molecule has 0 bridgehead atoms. The summed E-state index contributed by atoms with van der Waals surface area (Å²) in [4.78, 5) is 64.9. The molecule has 24 nitrogen and oxygen atoms in total. The highest BCUT2D eigenvalue weighted by molar-refractivity contribution is 7.98. The van der Waals surface area contributed by atoms with Crippen LogP contribution in [-0.4, -0.2) is 171 Å². The van der Waals surface area contributed by atoms with E-state index < -0.39 is 121 Å². The number of allylic oxidation sites excluding steroid dienone is 3. The molecule has 0 radical (unpaired) electrons. The molecule has 0 spiro atoms. The average Bonchev–Trinajstić information content (AvgIpc) is 1.38. The van der Waals surface area contributed by atoms with Crippen molar-refractivity contribution >= 4 is 93.9 Å². The number of ketones is 3. The lowest BCUT2D eigenvalue weighted by Crippen LogP contribution is -2.52. The Morgan fingerprint density at radius 2 is 0.816 bits per heavy atom. The number of halogens is 13. The number of rotatable bonds is 21. The first-order valence-electron chi connectivity index (χ1n) is 43.7. The maximum Gasteiger partial charge on any atom is 0.416 e. The molecule has 8 aliphatic rings. The molecule has 0 amide bonds. The lowest BCUT2D eigenvalue weighted by atomic mass is 9.60. The van der Waals surface area contributed by atoms with Crippen LogP contribution in [0.3, 0.4) is 0 Å². The SMILES string of the molecule is C=S(=O)(c1ccc(Cl)nc1)N(C1CC1)[C@H]1CCC2=Cc3c(cnn3-c3ccc(F)cc3)C[C@]2(C(=O)c2cc(C(F)(F)F)ccn2)C1.C=S(=O)(c1cn(C)cn1)N(C(C)C)[C@H]1CCC2=Cc3c(cnn3-c3ccc(F)cc3)C[C@]2(C(=O)c2cc(C(F)(F)F)ccn2)C1.C=S(=O)(c1cn(C)nn1)N(C1CC1)[C@H]1CCC2=Cc3c(cnn3-c3ccc(F)cc3)C[C@]2(C(=O)c2cc(C(F)(F)F)ccn2)C1. The maximum absolute atomic E-state index is 14.6. The summed E-state index contributed by atoms with van der Waals surface area (Å²) in [6.45, 7) is 3.79. The van der Waals surface area contributed by atoms with Gasteiger partial charge in [-0.25, -0.2) is 62.7 Å². The van der Waals surface area contributed by atoms with Gasteiger partial charge in [-0.05, 0) is 290 Å². The van der Waals surface area contributed by atoms with Gasteiger partial charge in [-0.1, -0.05) is 33.5 Å². The van der Waals surface area contributed by atoms with E-state index in [4.69, 9.17) is 11.6 Å². The Balaban J connectivity index is 0.000000136. The van der Waals surface area contributed by atoms with E-state index in [1.807, 2.05) is 40.7 Å². The first-order valence-corrected chi connectivity index (χ1v) is 49.2. The van der Waals surface area contributed by atoms with E-state index in [1.54, 1.807) is 123 Å². The second kappa shape index (κ2) is 35.5. The van der Waals surface area contributed by atoms with E-state index in [0.29, 0.717) is 93.6 Å². The molecule has 12 aromatic rings. The van der Waals surface area contributed by atoms with Crippen molar-refractivity contribution in [1.82, 2.24) is 86.7 Å². The van der Waals surface area contributed by atoms with E-state index in [1.165, 1.54) is 47.3 Å². The Morgan fingerprint density at radius 1 is 0.449 bits per heavy atom. The minimum absolute atomic E-state index is 0.0320. The normalized spacial score (nSPS) is 22.2. The number of pyridine rings is 4. The number of hydrogen-bond donors (Lipinski definition) is 0. The molecule has 20 rings (SSSR count). The summed E-state index contributed by atoms with van der Waals surface area (Å²) in [6, 6.07) is 24.2. The maximum atomic E-state index is 14.6. The van der Waals surface area contributed by atoms with E-state index in [2.05, 4.69) is 68.1 Å². The lowest BCUT2D eigenvalue weighted by Gasteiger charge is -2.48. The summed E-state index contributed by atoms with van der Waals surface area (Å²) in [5.74, 6) is 9.57. The van der Waals surface area contributed by atoms with Crippen molar-refractivity contribution in [1.29, 1.82) is 0 Å². The topological polar surface area (TPSA) is 266 Å². The number of aryl methyl sites for hydroxylation is 2. The van der Waals surface area contributed by atoms with Gasteiger partial charge >= 0.3 is 18.5 Å². The smallest absolute Gasteiger partial charge is 0.339 e. The van der Waals surface area contributed by atoms with Crippen molar-refractivity contribution in [2.45, 2.75) is 186 Å². The monoisotopic (exact) mass is 1950 g/mol. The number of carbonyl (C=O) groups excluding carboxylic acids is 3. The van der Waals surface area contributed by atoms with Crippen molar-refractivity contribution in [2.75, 3.05) is 0 Å². The van der Waals surface area contributed by atoms with Gasteiger partial charge in [0.25, 0.3) is 0 Å². The first-order chi connectivity index (χ1) is 64.4. The summed E-state index contributed by atoms with van der Waals surface area (Å²) in [7, 11) is -5.81. The fourth-order valence-corrected chi connectivity index (χ4v) is 26.7. The summed E-state index contributed by atoms with van der Waals surface area (Å²) < 4.78 is 221. The van der Waals surface area contributed by atoms with E-state index in [9.17, 15) is 79.7 Å². The van der Waals surface area contributed by atoms with Crippen LogP contribution in [0.25, 0.3) is 35.3 Å². The lowest BCUT2D eigenvalue weighted by molar-refractivity contribution is -0.138. The van der Waals surface area contributed by atoms with Gasteiger partial charge in [-0.15, -0.1) is 5.10 Å². The van der Waals surface area contributed by atoms with Crippen LogP contribution in [-0.2, 0) is 81.0 Å². The molecule has 5 fully saturated rings. The third-order valence-corrected chi connectivity index (χ3v) is 33.7. The number of alkyl halides is 9. The van der Waals surface area contributed by atoms with Crippen LogP contribution < -0.4 is 0 Å². The predicted octanol–water partition coefficient (Wildman–Crippen LogP) is 18.0. The Bertz CT molecular complexity index is 6900. The standard InChI is InChI=1S/C33H28ClF4N5O2S.C32H32F4N6O2S.C31H29F4N7O2S/c1-46(45,27-10-11-30(34)40-19-27)43(25-8-9-25)26-5-2-21-15-29-20(18-41-42(29)24-6-3-23(35)4-7-24)16-32(21,17-26)31(44)28-14-22(12-13-39-28)33(36,37)38;1-20(2)42(45(4,44)29-18-40(3)19-38-29)26-8-5-22-14-28-21(17-39-41(28)25-9-6-24(33)7-10-25)15-31(22,16-26)30(43)27-13-23(11-12-37-27)32(34,35)36;1-40-18-28(38-39-40)45(2,44)42(24-9-10-24)25-6-3-20-14-27-19(17-37-41(27)23-7-4-22(32)5-8-23)15-30(20,16-25)29(43)26-13-21(11-12-36-26)31(33,34)35/h3-4,6-7,10-15,18-19,25-26H,1-2,5,8-9,16-17H2;6-7,9-14,17-20,26H,4-5,8,15-16H2,1-3H3;4-5,7-8,11-14,17-18,24-25H,2-3,6,9-10,15-16H2,1H3/t26-,32-,46?;26-,31-,45?;25-,30-,45?/m000/s1. The second-order valence-corrected chi connectivity index (χ2v) is 42.9. The van der Waals surface area contributed by atoms with Gasteiger partial charge in [-0.2, -0.15) is 54.8 Å². The van der Waals surface area contributed by atoms with Crippen LogP contribution in [0, 0.1) is 33.7 Å². The molecule has 9 heterocycles. The second-order valence-electron chi connectivity index (χ2n) is 36.1. The van der Waals surface area contributed by atoms with Gasteiger partial charge < -0.3 is 4.57 Å². The molecule has 9 atom stereocenters. The molecule has 5 saturated carbocycles. The van der Waals surface area contributed by atoms with E-state index >= 15 is 0 Å². The third kappa shape index (κ3) is 17.8. The highest BCUT2D eigenvalue weighted by Gasteiger charge is 2.58. The number of nitrogens with zero attached hydrogens (tertiary/aromatic N) is 18. The molecule has 708 valence electrons. The highest BCUT2D eigenvalue weighted by Crippen LogP contribution is 2.57. The van der Waals surface area contributed by atoms with Crippen molar-refractivity contribution in [3.63, 3.8) is 0 Å². The van der Waals surface area contributed by atoms with Crippen LogP contribution in [0.15, 0.2) is 215 Å². The Hall–Kier alpha value is -12.1. The van der Waals surface area contributed by atoms with E-state index in [-0.39, 0.29) is 96.0 Å². The number of aromatic nitrogens is 15. The van der Waals surface area contributed by atoms with Gasteiger partial charge in [0.15, 0.2) is 27.4 Å². The predicted molar refractivity (Wildman–Crippen MR) is 487 cm³/mol. The van der Waals surface area contributed by atoms with Crippen molar-refractivity contribution < 1.29 is 79.7 Å². The molecular weight excluding hydrogens is 1860 g/mol. The van der Waals surface area contributed by atoms with Gasteiger partial charge in [0.1, 0.15) is 39.7 Å². The molecule has 3 aromatic carbocycles. The molecule has 8 aliphatic carbocycles. The average molecular weight is 1950 g/mol. The Labute approximate surface area is 779 Å². The van der Waals surface area contributed by atoms with Crippen molar-refractivity contribution in [3.8, 4) is 17.1 Å². The number of fused-ring (bicyclic) bond motifs is 6. The Kier molecular flexibility index (Phi) is 24.6. The summed E-state index contributed by atoms with van der Waals surface area (Å²) in [5.41, 5.74) is 0.804. The molecule has 40 heteroatoms. The van der Waals surface area contributed by atoms with Crippen molar-refractivity contribution in [2.24, 2.45) is 30.3 Å². The third-order valence-electron chi connectivity index (χ3n) is 26.8. The van der Waals surface area contributed by atoms with Gasteiger partial charge in [0.2, 0.25) is 0 Å². The van der Waals surface area contributed by atoms with Crippen LogP contribution in [0.1, 0.15) is 179 Å².